The Morgan fingerprint density at radius 1 is 0.606 bits per heavy atom. The molecule has 13 heteroatoms. The summed E-state index contributed by atoms with van der Waals surface area (Å²) in [5.74, 6) is 0. The third kappa shape index (κ3) is 10.0. The first-order valence-corrected chi connectivity index (χ1v) is 10.2. The summed E-state index contributed by atoms with van der Waals surface area (Å²) in [6.07, 6.45) is -13.9. The van der Waals surface area contributed by atoms with Crippen LogP contribution in [0, 0.1) is 0 Å². The minimum absolute atomic E-state index is 0. The second kappa shape index (κ2) is 15.8. The van der Waals surface area contributed by atoms with Gasteiger partial charge >= 0.3 is 0 Å². The van der Waals surface area contributed by atoms with Gasteiger partial charge < -0.3 is 56.8 Å². The minimum atomic E-state index is -1.84. The highest BCUT2D eigenvalue weighted by molar-refractivity contribution is 5.85. The van der Waals surface area contributed by atoms with Gasteiger partial charge in [-0.3, -0.25) is 4.90 Å². The van der Waals surface area contributed by atoms with Crippen molar-refractivity contribution in [2.45, 2.75) is 61.9 Å². The molecule has 194 valence electrons. The zero-order valence-electron chi connectivity index (χ0n) is 18.1. The first kappa shape index (κ1) is 32.0. The van der Waals surface area contributed by atoms with Gasteiger partial charge in [0.25, 0.3) is 0 Å². The van der Waals surface area contributed by atoms with Crippen LogP contribution >= 0.6 is 12.4 Å². The second-order valence-electron chi connectivity index (χ2n) is 7.81. The smallest absolute Gasteiger partial charge is 0.111 e. The number of rotatable bonds is 15. The van der Waals surface area contributed by atoms with Crippen LogP contribution in [0.25, 0.3) is 0 Å². The van der Waals surface area contributed by atoms with Crippen molar-refractivity contribution in [3.63, 3.8) is 0 Å². The Bertz CT molecular complexity index is 614. The third-order valence-corrected chi connectivity index (χ3v) is 5.21. The van der Waals surface area contributed by atoms with Crippen LogP contribution < -0.4 is 5.73 Å². The molecule has 0 saturated carbocycles. The van der Waals surface area contributed by atoms with Gasteiger partial charge in [-0.05, 0) is 11.1 Å². The molecule has 33 heavy (non-hydrogen) atoms. The van der Waals surface area contributed by atoms with Gasteiger partial charge in [-0.15, -0.1) is 12.4 Å². The Balaban J connectivity index is 0.0000102. The van der Waals surface area contributed by atoms with Gasteiger partial charge in [-0.1, -0.05) is 24.3 Å². The molecule has 0 aromatic heterocycles. The molecule has 1 aromatic rings. The summed E-state index contributed by atoms with van der Waals surface area (Å²) >= 11 is 0. The molecular formula is C20H37ClN2O10. The maximum atomic E-state index is 10.3. The summed E-state index contributed by atoms with van der Waals surface area (Å²) in [6, 6.07) is 7.03. The Morgan fingerprint density at radius 2 is 0.939 bits per heavy atom. The lowest BCUT2D eigenvalue weighted by Gasteiger charge is -2.33. The van der Waals surface area contributed by atoms with Gasteiger partial charge in [0.05, 0.1) is 25.4 Å². The summed E-state index contributed by atoms with van der Waals surface area (Å²) in [5.41, 5.74) is 7.16. The van der Waals surface area contributed by atoms with Crippen LogP contribution in [0.15, 0.2) is 24.3 Å². The van der Waals surface area contributed by atoms with Crippen molar-refractivity contribution < 1.29 is 51.1 Å². The van der Waals surface area contributed by atoms with Gasteiger partial charge in [-0.2, -0.15) is 0 Å². The Hall–Kier alpha value is -0.970. The van der Waals surface area contributed by atoms with E-state index >= 15 is 0 Å². The number of halogens is 1. The zero-order valence-corrected chi connectivity index (χ0v) is 18.9. The standard InChI is InChI=1S/C20H36N2O10.ClH/c21-5-11-1-3-12(4-2-11)6-22(7-13(25)17(29)19(31)15(27)9-23)8-14(26)18(30)20(32)16(28)10-24;/h1-4,13-20,23-32H,5-10,21H2;1H/t13-,14-,15+,16+,17+,18+,19+,20+;/m0./s1. The first-order chi connectivity index (χ1) is 15.0. The third-order valence-electron chi connectivity index (χ3n) is 5.21. The van der Waals surface area contributed by atoms with Gasteiger partial charge in [0.15, 0.2) is 0 Å². The van der Waals surface area contributed by atoms with E-state index in [0.717, 1.165) is 11.1 Å². The fraction of sp³-hybridized carbons (Fsp3) is 0.700. The normalized spacial score (nSPS) is 19.2. The highest BCUT2D eigenvalue weighted by atomic mass is 35.5. The lowest BCUT2D eigenvalue weighted by molar-refractivity contribution is -0.131. The van der Waals surface area contributed by atoms with Crippen molar-refractivity contribution in [1.29, 1.82) is 0 Å². The van der Waals surface area contributed by atoms with Crippen molar-refractivity contribution in [3.8, 4) is 0 Å². The van der Waals surface area contributed by atoms with E-state index in [1.54, 1.807) is 24.3 Å². The van der Waals surface area contributed by atoms with Gasteiger partial charge in [0.1, 0.15) is 36.6 Å². The Kier molecular flexibility index (Phi) is 15.4. The molecule has 1 aromatic carbocycles. The number of benzene rings is 1. The number of nitrogens with two attached hydrogens (primary N) is 1. The minimum Gasteiger partial charge on any atom is -0.394 e. The predicted octanol–water partition coefficient (Wildman–Crippen LogP) is -4.76. The lowest BCUT2D eigenvalue weighted by Crippen LogP contribution is -2.53. The highest BCUT2D eigenvalue weighted by Crippen LogP contribution is 2.14. The Morgan fingerprint density at radius 3 is 1.27 bits per heavy atom. The maximum absolute atomic E-state index is 10.3. The second-order valence-corrected chi connectivity index (χ2v) is 7.81. The lowest BCUT2D eigenvalue weighted by atomic mass is 10.0. The summed E-state index contributed by atoms with van der Waals surface area (Å²) in [6.45, 7) is -1.91. The molecular weight excluding hydrogens is 464 g/mol. The van der Waals surface area contributed by atoms with Crippen LogP contribution in [0.1, 0.15) is 11.1 Å². The Labute approximate surface area is 198 Å². The van der Waals surface area contributed by atoms with E-state index in [2.05, 4.69) is 0 Å². The largest absolute Gasteiger partial charge is 0.394 e. The SMILES string of the molecule is Cl.NCc1ccc(CN(C[C@H](O)[C@@H](O)[C@H](O)[C@H](O)CO)C[C@H](O)[C@@H](O)[C@H](O)[C@H](O)CO)cc1. The van der Waals surface area contributed by atoms with Gasteiger partial charge in [-0.25, -0.2) is 0 Å². The van der Waals surface area contributed by atoms with Gasteiger partial charge in [0.2, 0.25) is 0 Å². The average Bonchev–Trinajstić information content (AvgIpc) is 2.81. The van der Waals surface area contributed by atoms with Crippen molar-refractivity contribution >= 4 is 12.4 Å². The van der Waals surface area contributed by atoms with E-state index in [4.69, 9.17) is 15.9 Å². The molecule has 0 fully saturated rings. The number of nitrogens with zero attached hydrogens (tertiary/aromatic N) is 1. The molecule has 0 saturated heterocycles. The van der Waals surface area contributed by atoms with Crippen molar-refractivity contribution in [1.82, 2.24) is 4.90 Å². The van der Waals surface area contributed by atoms with Crippen LogP contribution in [0.3, 0.4) is 0 Å². The average molecular weight is 501 g/mol. The molecule has 8 atom stereocenters. The summed E-state index contributed by atoms with van der Waals surface area (Å²) in [4.78, 5) is 1.41. The van der Waals surface area contributed by atoms with E-state index in [0.29, 0.717) is 6.54 Å². The molecule has 0 unspecified atom stereocenters. The molecule has 0 aliphatic rings. The van der Waals surface area contributed by atoms with E-state index in [1.165, 1.54) is 4.90 Å². The zero-order chi connectivity index (χ0) is 24.4. The summed E-state index contributed by atoms with van der Waals surface area (Å²) in [5, 5.41) is 97.2. The summed E-state index contributed by atoms with van der Waals surface area (Å²) in [7, 11) is 0. The van der Waals surface area contributed by atoms with E-state index in [1.807, 2.05) is 0 Å². The van der Waals surface area contributed by atoms with Crippen LogP contribution in [-0.4, -0.2) is 131 Å². The number of aliphatic hydroxyl groups excluding tert-OH is 10. The van der Waals surface area contributed by atoms with Gasteiger partial charge in [0, 0.05) is 26.2 Å². The van der Waals surface area contributed by atoms with Crippen LogP contribution in [-0.2, 0) is 13.1 Å². The topological polar surface area (TPSA) is 232 Å². The molecule has 0 heterocycles. The molecule has 0 aliphatic carbocycles. The quantitative estimate of drug-likeness (QED) is 0.109. The first-order valence-electron chi connectivity index (χ1n) is 10.2. The fourth-order valence-electron chi connectivity index (χ4n) is 3.11. The van der Waals surface area contributed by atoms with Crippen molar-refractivity contribution in [2.75, 3.05) is 26.3 Å². The van der Waals surface area contributed by atoms with E-state index < -0.39 is 62.0 Å². The summed E-state index contributed by atoms with van der Waals surface area (Å²) < 4.78 is 0. The monoisotopic (exact) mass is 500 g/mol. The predicted molar refractivity (Wildman–Crippen MR) is 119 cm³/mol. The van der Waals surface area contributed by atoms with E-state index in [9.17, 15) is 40.9 Å². The molecule has 0 aliphatic heterocycles. The molecule has 1 rings (SSSR count). The fourth-order valence-corrected chi connectivity index (χ4v) is 3.11. The molecule has 0 bridgehead atoms. The number of hydrogen-bond donors (Lipinski definition) is 11. The van der Waals surface area contributed by atoms with Crippen molar-refractivity contribution in [2.24, 2.45) is 5.73 Å². The molecule has 0 amide bonds. The van der Waals surface area contributed by atoms with Crippen LogP contribution in [0.4, 0.5) is 0 Å². The molecule has 12 nitrogen and oxygen atoms in total. The molecule has 0 spiro atoms. The number of hydrogen-bond acceptors (Lipinski definition) is 12. The molecule has 0 radical (unpaired) electrons. The van der Waals surface area contributed by atoms with Crippen LogP contribution in [0.2, 0.25) is 0 Å². The highest BCUT2D eigenvalue weighted by Gasteiger charge is 2.34. The van der Waals surface area contributed by atoms with E-state index in [-0.39, 0.29) is 32.0 Å². The number of aliphatic hydroxyl groups is 10. The molecule has 12 N–H and O–H groups in total. The maximum Gasteiger partial charge on any atom is 0.111 e. The van der Waals surface area contributed by atoms with Crippen molar-refractivity contribution in [3.05, 3.63) is 35.4 Å². The van der Waals surface area contributed by atoms with Crippen LogP contribution in [0.5, 0.6) is 0 Å².